The molecule has 2 aromatic heterocycles. The fourth-order valence-electron chi connectivity index (χ4n) is 6.64. The Hall–Kier alpha value is -4.81. The van der Waals surface area contributed by atoms with Crippen LogP contribution in [-0.2, 0) is 30.0 Å². The van der Waals surface area contributed by atoms with Gasteiger partial charge in [-0.05, 0) is 56.0 Å². The van der Waals surface area contributed by atoms with E-state index in [1.165, 1.54) is 32.4 Å². The lowest BCUT2D eigenvalue weighted by Gasteiger charge is -2.42. The Morgan fingerprint density at radius 3 is 2.56 bits per heavy atom. The maximum atomic E-state index is 15.5. The summed E-state index contributed by atoms with van der Waals surface area (Å²) in [5.74, 6) is -1.13. The number of methoxy groups -OCH3 is 1. The van der Waals surface area contributed by atoms with Crippen LogP contribution in [0.5, 0.6) is 5.88 Å². The number of likely N-dealkylation sites (tertiary alicyclic amines) is 1. The molecule has 2 aliphatic rings. The lowest BCUT2D eigenvalue weighted by molar-refractivity contribution is -0.155. The first-order valence-electron chi connectivity index (χ1n) is 15.6. The average Bonchev–Trinajstić information content (AvgIpc) is 3.46. The minimum absolute atomic E-state index is 0.0691. The quantitative estimate of drug-likeness (QED) is 0.268. The Morgan fingerprint density at radius 2 is 1.85 bits per heavy atom. The third kappa shape index (κ3) is 5.68. The molecule has 6 rings (SSSR count). The highest BCUT2D eigenvalue weighted by molar-refractivity contribution is 6.36. The number of aryl methyl sites for hydroxylation is 2. The Kier molecular flexibility index (Phi) is 8.97. The molecular weight excluding hydrogens is 641 g/mol. The van der Waals surface area contributed by atoms with Gasteiger partial charge in [-0.25, -0.2) is 14.2 Å². The molecule has 0 saturated carbocycles. The molecule has 0 radical (unpaired) electrons. The monoisotopic (exact) mass is 675 g/mol. The minimum atomic E-state index is -0.749. The number of carbonyl (C=O) groups is 2. The van der Waals surface area contributed by atoms with Crippen LogP contribution in [0.4, 0.5) is 10.1 Å². The van der Waals surface area contributed by atoms with Crippen LogP contribution in [0.2, 0.25) is 5.02 Å². The zero-order valence-electron chi connectivity index (χ0n) is 27.2. The van der Waals surface area contributed by atoms with Crippen molar-refractivity contribution in [2.24, 2.45) is 20.0 Å². The molecule has 1 amide bonds. The normalized spacial score (nSPS) is 15.9. The van der Waals surface area contributed by atoms with E-state index < -0.39 is 23.0 Å². The third-order valence-corrected chi connectivity index (χ3v) is 9.60. The summed E-state index contributed by atoms with van der Waals surface area (Å²) < 4.78 is 28.5. The number of rotatable bonds is 8. The second kappa shape index (κ2) is 13.0. The number of benzene rings is 2. The van der Waals surface area contributed by atoms with Gasteiger partial charge in [0.1, 0.15) is 11.4 Å². The van der Waals surface area contributed by atoms with Gasteiger partial charge in [-0.15, -0.1) is 0 Å². The van der Waals surface area contributed by atoms with Crippen molar-refractivity contribution in [2.45, 2.75) is 32.7 Å². The number of fused-ring (bicyclic) bond motifs is 1. The van der Waals surface area contributed by atoms with E-state index in [2.05, 4.69) is 10.2 Å². The Balaban J connectivity index is 1.32. The number of hydrogen-bond acceptors (Lipinski definition) is 8. The predicted molar refractivity (Wildman–Crippen MR) is 179 cm³/mol. The van der Waals surface area contributed by atoms with Crippen molar-refractivity contribution in [1.82, 2.24) is 19.0 Å². The summed E-state index contributed by atoms with van der Waals surface area (Å²) in [6.07, 6.45) is 2.82. The van der Waals surface area contributed by atoms with Crippen LogP contribution in [0.15, 0.2) is 52.2 Å². The first kappa shape index (κ1) is 33.1. The van der Waals surface area contributed by atoms with Crippen LogP contribution in [-0.4, -0.2) is 57.7 Å². The summed E-state index contributed by atoms with van der Waals surface area (Å²) >= 11 is 7.01. The summed E-state index contributed by atoms with van der Waals surface area (Å²) in [4.78, 5) is 57.1. The van der Waals surface area contributed by atoms with Gasteiger partial charge < -0.3 is 19.4 Å². The molecule has 1 fully saturated rings. The zero-order valence-corrected chi connectivity index (χ0v) is 28.0. The molecule has 4 aromatic rings. The maximum absolute atomic E-state index is 15.5. The molecule has 1 aliphatic carbocycles. The molecule has 1 N–H and O–H groups in total. The van der Waals surface area contributed by atoms with Crippen molar-refractivity contribution in [1.29, 1.82) is 0 Å². The van der Waals surface area contributed by atoms with Gasteiger partial charge in [0.25, 0.3) is 11.5 Å². The lowest BCUT2D eigenvalue weighted by atomic mass is 9.94. The summed E-state index contributed by atoms with van der Waals surface area (Å²) in [7, 11) is 4.30. The molecule has 48 heavy (non-hydrogen) atoms. The highest BCUT2D eigenvalue weighted by atomic mass is 35.5. The van der Waals surface area contributed by atoms with Crippen LogP contribution < -0.4 is 21.3 Å². The average molecular weight is 676 g/mol. The van der Waals surface area contributed by atoms with Crippen molar-refractivity contribution in [2.75, 3.05) is 32.1 Å². The van der Waals surface area contributed by atoms with Crippen LogP contribution in [0.1, 0.15) is 46.4 Å². The van der Waals surface area contributed by atoms with Gasteiger partial charge in [-0.2, -0.15) is 0 Å². The number of nitrogens with zero attached hydrogens (tertiary/aromatic N) is 4. The van der Waals surface area contributed by atoms with E-state index in [0.717, 1.165) is 33.1 Å². The molecule has 0 unspecified atom stereocenters. The van der Waals surface area contributed by atoms with Crippen molar-refractivity contribution < 1.29 is 23.5 Å². The molecule has 250 valence electrons. The van der Waals surface area contributed by atoms with Crippen LogP contribution in [0.3, 0.4) is 0 Å². The zero-order chi connectivity index (χ0) is 34.4. The molecule has 1 atom stereocenters. The van der Waals surface area contributed by atoms with Crippen molar-refractivity contribution in [3.05, 3.63) is 96.5 Å². The van der Waals surface area contributed by atoms with Gasteiger partial charge >= 0.3 is 11.7 Å². The smallest absolute Gasteiger partial charge is 0.330 e. The third-order valence-electron chi connectivity index (χ3n) is 9.19. The standard InChI is InChI=1S/C35H35ClFN5O6/c1-6-48-34(45)20-15-42(16-20)27-13-10-19-14-26(39-32(47-5)29(19)27)21-8-7-9-22(30(21)36)28-18(2)25(12-11-24(28)37)38-31(43)23-17-40(3)35(46)41(4)33(23)44/h7-9,11-12,14,17,20,27H,6,10,13,15-16H2,1-5H3,(H,38,43)/t27-/m1/s1. The lowest BCUT2D eigenvalue weighted by Crippen LogP contribution is -2.51. The van der Waals surface area contributed by atoms with Crippen LogP contribution >= 0.6 is 11.6 Å². The highest BCUT2D eigenvalue weighted by Crippen LogP contribution is 2.46. The fraction of sp³-hybridized carbons (Fsp3) is 0.343. The topological polar surface area (TPSA) is 125 Å². The van der Waals surface area contributed by atoms with Gasteiger partial charge in [0.05, 0.1) is 30.4 Å². The number of amides is 1. The molecule has 11 nitrogen and oxygen atoms in total. The second-order valence-corrected chi connectivity index (χ2v) is 12.4. The minimum Gasteiger partial charge on any atom is -0.481 e. The first-order valence-corrected chi connectivity index (χ1v) is 16.0. The van der Waals surface area contributed by atoms with Gasteiger partial charge in [0, 0.05) is 67.4 Å². The van der Waals surface area contributed by atoms with Crippen molar-refractivity contribution in [3.63, 3.8) is 0 Å². The van der Waals surface area contributed by atoms with Crippen molar-refractivity contribution >= 4 is 29.2 Å². The summed E-state index contributed by atoms with van der Waals surface area (Å²) in [5, 5.41) is 2.95. The first-order chi connectivity index (χ1) is 22.9. The van der Waals surface area contributed by atoms with Gasteiger partial charge in [-0.1, -0.05) is 29.8 Å². The van der Waals surface area contributed by atoms with Gasteiger partial charge in [-0.3, -0.25) is 23.9 Å². The Bertz CT molecular complexity index is 2090. The Labute approximate surface area is 280 Å². The molecule has 0 bridgehead atoms. The van der Waals surface area contributed by atoms with E-state index in [0.29, 0.717) is 48.0 Å². The van der Waals surface area contributed by atoms with Gasteiger partial charge in [0.15, 0.2) is 0 Å². The highest BCUT2D eigenvalue weighted by Gasteiger charge is 2.42. The van der Waals surface area contributed by atoms with Crippen LogP contribution in [0.25, 0.3) is 22.4 Å². The van der Waals surface area contributed by atoms with E-state index in [9.17, 15) is 19.2 Å². The Morgan fingerprint density at radius 1 is 1.12 bits per heavy atom. The largest absolute Gasteiger partial charge is 0.481 e. The molecule has 0 spiro atoms. The number of nitrogens with one attached hydrogen (secondary N) is 1. The second-order valence-electron chi connectivity index (χ2n) is 12.1. The number of carbonyl (C=O) groups excluding carboxylic acids is 2. The number of esters is 1. The van der Waals surface area contributed by atoms with E-state index in [1.54, 1.807) is 39.2 Å². The predicted octanol–water partition coefficient (Wildman–Crippen LogP) is 4.66. The number of pyridine rings is 1. The number of ether oxygens (including phenoxy) is 2. The summed E-state index contributed by atoms with van der Waals surface area (Å²) in [5.41, 5.74) is 2.88. The summed E-state index contributed by atoms with van der Waals surface area (Å²) in [6, 6.07) is 9.94. The van der Waals surface area contributed by atoms with Crippen LogP contribution in [0, 0.1) is 18.7 Å². The summed E-state index contributed by atoms with van der Waals surface area (Å²) in [6.45, 7) is 5.05. The molecule has 3 heterocycles. The number of anilines is 1. The van der Waals surface area contributed by atoms with Gasteiger partial charge in [0.2, 0.25) is 5.88 Å². The number of aromatic nitrogens is 3. The number of hydrogen-bond donors (Lipinski definition) is 1. The molecule has 13 heteroatoms. The van der Waals surface area contributed by atoms with Crippen molar-refractivity contribution in [3.8, 4) is 28.3 Å². The maximum Gasteiger partial charge on any atom is 0.330 e. The molecular formula is C35H35ClFN5O6. The van der Waals surface area contributed by atoms with E-state index in [4.69, 9.17) is 26.1 Å². The fourth-order valence-corrected chi connectivity index (χ4v) is 6.96. The van der Waals surface area contributed by atoms with E-state index >= 15 is 4.39 Å². The van der Waals surface area contributed by atoms with E-state index in [-0.39, 0.29) is 39.8 Å². The SMILES string of the molecule is CCOC(=O)C1CN([C@@H]2CCc3cc(-c4cccc(-c5c(F)ccc(NC(=O)c6cn(C)c(=O)n(C)c6=O)c5C)c4Cl)nc(OC)c32)C1. The molecule has 2 aromatic carbocycles. The number of halogens is 2. The molecule has 1 saturated heterocycles. The van der Waals surface area contributed by atoms with E-state index in [1.807, 2.05) is 6.07 Å². The molecule has 1 aliphatic heterocycles.